The van der Waals surface area contributed by atoms with Crippen LogP contribution in [0, 0.1) is 96.4 Å². The maximum absolute atomic E-state index is 5.82. The zero-order chi connectivity index (χ0) is 87.8. The summed E-state index contributed by atoms with van der Waals surface area (Å²) in [7, 11) is 34.5. The molecule has 0 N–H and O–H groups in total. The Morgan fingerprint density at radius 1 is 0.295 bits per heavy atom. The van der Waals surface area contributed by atoms with Crippen molar-refractivity contribution in [2.75, 3.05) is 45.8 Å². The Hall–Kier alpha value is -2.58. The molecule has 6 nitrogen and oxygen atoms in total. The van der Waals surface area contributed by atoms with Crippen LogP contribution < -0.4 is 29.1 Å². The molecule has 8 aliphatic rings. The molecule has 15 rings (SSSR count). The zero-order valence-electron chi connectivity index (χ0n) is 77.1. The molecule has 0 spiro atoms. The average molecular weight is 2080 g/mol. The summed E-state index contributed by atoms with van der Waals surface area (Å²) in [6.45, 7) is 43.1. The zero-order valence-corrected chi connectivity index (χ0v) is 88.9. The van der Waals surface area contributed by atoms with E-state index in [0.717, 1.165) is 54.4 Å². The van der Waals surface area contributed by atoms with Crippen LogP contribution in [0.2, 0.25) is 0 Å². The summed E-state index contributed by atoms with van der Waals surface area (Å²) in [5, 5.41) is 0. The molecule has 0 amide bonds. The molecule has 0 radical (unpaired) electrons. The van der Waals surface area contributed by atoms with Gasteiger partial charge in [-0.2, -0.15) is 13.3 Å². The Morgan fingerprint density at radius 2 is 0.500 bits per heavy atom. The number of nitrogens with zero attached hydrogens (tertiary/aromatic N) is 4. The van der Waals surface area contributed by atoms with Gasteiger partial charge in [0.1, 0.15) is 0 Å². The molecule has 2 saturated heterocycles. The first-order chi connectivity index (χ1) is 58.6. The van der Waals surface area contributed by atoms with Gasteiger partial charge in [0.2, 0.25) is 0 Å². The Bertz CT molecular complexity index is 3840. The van der Waals surface area contributed by atoms with E-state index in [2.05, 4.69) is 165 Å². The number of hydrogen-bond donors (Lipinski definition) is 0. The Kier molecular flexibility index (Phi) is 45.9. The van der Waals surface area contributed by atoms with Crippen molar-refractivity contribution in [2.24, 2.45) is 0 Å². The van der Waals surface area contributed by atoms with Gasteiger partial charge in [0, 0.05) is 64.8 Å². The van der Waals surface area contributed by atoms with Crippen molar-refractivity contribution in [3.05, 3.63) is 224 Å². The molecule has 0 aromatic heterocycles. The van der Waals surface area contributed by atoms with E-state index in [1.54, 1.807) is 193 Å². The molecule has 8 fully saturated rings. The molecule has 122 heavy (non-hydrogen) atoms. The number of rotatable bonds is 17. The van der Waals surface area contributed by atoms with Gasteiger partial charge in [-0.05, 0) is 282 Å². The molecular weight excluding hydrogens is 1930 g/mol. The molecule has 2 aliphatic heterocycles. The quantitative estimate of drug-likeness (QED) is 0.0513. The topological polar surface area (TPSA) is 31.4 Å². The maximum atomic E-state index is 5.82. The third-order valence-electron chi connectivity index (χ3n) is 25.8. The predicted octanol–water partition coefficient (Wildman–Crippen LogP) is 32.2. The second-order valence-corrected chi connectivity index (χ2v) is 60.8. The Balaban J connectivity index is 0.000000164. The van der Waals surface area contributed by atoms with Gasteiger partial charge in [0.25, 0.3) is 0 Å². The number of hydrogen-bond acceptors (Lipinski definition) is 6. The third kappa shape index (κ3) is 33.7. The molecule has 7 aromatic carbocycles. The Labute approximate surface area is 783 Å². The first kappa shape index (κ1) is 103. The number of anilines is 4. The van der Waals surface area contributed by atoms with Crippen molar-refractivity contribution in [1.82, 2.24) is 0 Å². The minimum absolute atomic E-state index is 0.0465. The van der Waals surface area contributed by atoms with Crippen molar-refractivity contribution in [3.63, 3.8) is 0 Å². The molecule has 6 saturated carbocycles. The first-order valence-electron chi connectivity index (χ1n) is 46.5. The van der Waals surface area contributed by atoms with Crippen molar-refractivity contribution in [3.8, 4) is 11.5 Å². The van der Waals surface area contributed by atoms with E-state index in [4.69, 9.17) is 67.6 Å². The molecule has 2 heterocycles. The number of aryl methyl sites for hydroxylation is 12. The summed E-state index contributed by atoms with van der Waals surface area (Å²) in [4.78, 5) is 9.62. The van der Waals surface area contributed by atoms with Crippen LogP contribution in [-0.2, 0) is 40.6 Å². The van der Waals surface area contributed by atoms with Crippen LogP contribution in [-0.4, -0.2) is 86.2 Å². The van der Waals surface area contributed by atoms with Crippen LogP contribution in [0.1, 0.15) is 304 Å². The van der Waals surface area contributed by atoms with Crippen LogP contribution in [0.25, 0.3) is 0 Å². The molecule has 6 aliphatic carbocycles. The van der Waals surface area contributed by atoms with Gasteiger partial charge in [-0.15, -0.1) is 0 Å². The summed E-state index contributed by atoms with van der Waals surface area (Å²) in [6.07, 6.45) is 47.9. The van der Waals surface area contributed by atoms with Gasteiger partial charge >= 0.3 is 269 Å². The second-order valence-electron chi connectivity index (χ2n) is 36.7. The number of ether oxygens (including phenoxy) is 2. The van der Waals surface area contributed by atoms with E-state index >= 15 is 0 Å². The van der Waals surface area contributed by atoms with E-state index in [1.165, 1.54) is 123 Å². The molecule has 7 aromatic rings. The fourth-order valence-corrected chi connectivity index (χ4v) is 37.3. The molecule has 0 unspecified atom stereocenters. The summed E-state index contributed by atoms with van der Waals surface area (Å²) < 4.78 is 17.0. The number of para-hydroxylation sites is 2. The SMILES string of the molecule is C1CCC([PH+](C2CCCCC2)C2CCCCC2)CC1.C1CCC([PH+](C2CCCCC2)C2CCCCC2)CC1.CC(C)Oc1ccccc1[CH]=[Ru]([Cl])[Cl].CC(C)Oc1ccccc1[CH]=[Ru]([Cl])[Cl].Cc1cc(C)c(N2[CH-]N(c3c(C)cc(C)cc3C)CC2)c(C)c1.Cc1cc(C)c(N2[CH-]N(c3c(C)cc(C)cc3C)CC2)c(C)c1.[Cl][Ru]([Cl])=[CH]c1ccccc1. The van der Waals surface area contributed by atoms with Crippen LogP contribution in [0.15, 0.2) is 127 Å². The van der Waals surface area contributed by atoms with Crippen LogP contribution in [0.5, 0.6) is 11.5 Å². The molecule has 17 heteroatoms. The van der Waals surface area contributed by atoms with Crippen LogP contribution >= 0.6 is 74.0 Å². The molecule has 0 atom stereocenters. The second kappa shape index (κ2) is 54.3. The van der Waals surface area contributed by atoms with E-state index in [1.807, 2.05) is 120 Å². The number of halogens is 6. The van der Waals surface area contributed by atoms with Crippen LogP contribution in [0.4, 0.5) is 22.7 Å². The van der Waals surface area contributed by atoms with E-state index in [9.17, 15) is 0 Å². The van der Waals surface area contributed by atoms with E-state index < -0.39 is 40.6 Å². The van der Waals surface area contributed by atoms with Crippen molar-refractivity contribution in [2.45, 2.75) is 350 Å². The van der Waals surface area contributed by atoms with Crippen molar-refractivity contribution < 1.29 is 50.0 Å². The van der Waals surface area contributed by atoms with Gasteiger partial charge in [-0.1, -0.05) is 109 Å². The van der Waals surface area contributed by atoms with Gasteiger partial charge in [0.05, 0.1) is 34.0 Å². The fourth-order valence-electron chi connectivity index (χ4n) is 21.4. The first-order valence-corrected chi connectivity index (χ1v) is 66.4. The normalized spacial score (nSPS) is 18.0. The van der Waals surface area contributed by atoms with Crippen molar-refractivity contribution in [1.29, 1.82) is 0 Å². The number of benzene rings is 7. The van der Waals surface area contributed by atoms with Crippen molar-refractivity contribution >= 4 is 111 Å². The van der Waals surface area contributed by atoms with Gasteiger partial charge in [0.15, 0.2) is 0 Å². The summed E-state index contributed by atoms with van der Waals surface area (Å²) >= 11 is -5.16. The summed E-state index contributed by atoms with van der Waals surface area (Å²) in [5.41, 5.74) is 32.1. The third-order valence-corrected chi connectivity index (χ3v) is 40.5. The van der Waals surface area contributed by atoms with Gasteiger partial charge in [-0.25, -0.2) is 0 Å². The van der Waals surface area contributed by atoms with E-state index in [0.29, 0.717) is 0 Å². The summed E-state index contributed by atoms with van der Waals surface area (Å²) in [6, 6.07) is 43.7. The fraction of sp³-hybridized carbons (Fsp3) is 0.552. The summed E-state index contributed by atoms with van der Waals surface area (Å²) in [5.74, 6) is 1.70. The van der Waals surface area contributed by atoms with E-state index in [-0.39, 0.29) is 28.1 Å². The average Bonchev–Trinajstić information content (AvgIpc) is 1.66. The Morgan fingerprint density at radius 3 is 0.705 bits per heavy atom. The molecule has 680 valence electrons. The minimum atomic E-state index is -1.77. The molecule has 0 bridgehead atoms. The van der Waals surface area contributed by atoms with Crippen LogP contribution in [0.3, 0.4) is 0 Å². The van der Waals surface area contributed by atoms with Gasteiger partial charge in [-0.3, -0.25) is 0 Å². The standard InChI is InChI=1S/2C21H27N2.2C18H33P.2C10H12O.C7H6.6ClH.3Ru/c2*1-14-9-16(3)20(17(4)10-14)22-7-8-23(13-22)21-18(5)11-15(2)12-19(21)6;2*1-4-10-16(11-5-1)19(17-12-6-2-7-13-17)18-14-8-3-9-15-18;2*1-8(2)11-10-7-5-4-6-9(10)3;1-7-5-3-2-4-6-7;;;;;;;;;/h2*9-13H,7-8H2,1-6H3;2*16-18H,1-15H2;2*3-8H,1-2H3;1-6H;6*1H;;;/q2*-1;;;;;;;;;;;;3*+2/p-4. The predicted molar refractivity (Wildman–Crippen MR) is 540 cm³/mol. The monoisotopic (exact) mass is 2080 g/mol. The molecular formula is C105H152Cl6N4O2P2Ru3. The van der Waals surface area contributed by atoms with Gasteiger partial charge < -0.3 is 19.6 Å².